The second-order valence-corrected chi connectivity index (χ2v) is 4.70. The third-order valence-corrected chi connectivity index (χ3v) is 2.49. The minimum absolute atomic E-state index is 0.240. The van der Waals surface area contributed by atoms with Gasteiger partial charge >= 0.3 is 0 Å². The van der Waals surface area contributed by atoms with Crippen LogP contribution in [0.5, 0.6) is 0 Å². The van der Waals surface area contributed by atoms with Crippen molar-refractivity contribution in [1.82, 2.24) is 5.32 Å². The highest BCUT2D eigenvalue weighted by molar-refractivity contribution is 5.26. The van der Waals surface area contributed by atoms with Gasteiger partial charge in [0.15, 0.2) is 0 Å². The molecule has 0 aromatic heterocycles. The van der Waals surface area contributed by atoms with Gasteiger partial charge in [-0.05, 0) is 23.6 Å². The van der Waals surface area contributed by atoms with E-state index >= 15 is 0 Å². The van der Waals surface area contributed by atoms with Crippen LogP contribution in [-0.4, -0.2) is 19.6 Å². The van der Waals surface area contributed by atoms with Crippen molar-refractivity contribution in [2.75, 3.05) is 13.2 Å². The van der Waals surface area contributed by atoms with Crippen LogP contribution in [0.4, 0.5) is 8.78 Å². The van der Waals surface area contributed by atoms with Gasteiger partial charge in [-0.1, -0.05) is 38.1 Å². The fourth-order valence-electron chi connectivity index (χ4n) is 1.62. The highest BCUT2D eigenvalue weighted by atomic mass is 19.3. The van der Waals surface area contributed by atoms with E-state index in [1.54, 1.807) is 0 Å². The van der Waals surface area contributed by atoms with E-state index < -0.39 is 13.0 Å². The largest absolute Gasteiger partial charge is 0.371 e. The number of hydrogen-bond donors (Lipinski definition) is 1. The summed E-state index contributed by atoms with van der Waals surface area (Å²) in [5, 5.41) is 3.34. The van der Waals surface area contributed by atoms with Gasteiger partial charge in [0.1, 0.15) is 6.61 Å². The Morgan fingerprint density at radius 1 is 1.17 bits per heavy atom. The average Bonchev–Trinajstić information content (AvgIpc) is 2.30. The maximum absolute atomic E-state index is 12.0. The van der Waals surface area contributed by atoms with Crippen LogP contribution in [0, 0.1) is 5.92 Å². The molecular weight excluding hydrogens is 236 g/mol. The molecule has 0 amide bonds. The molecule has 4 heteroatoms. The van der Waals surface area contributed by atoms with Crippen LogP contribution in [0.25, 0.3) is 0 Å². The molecule has 0 saturated heterocycles. The Bertz CT molecular complexity index is 309. The summed E-state index contributed by atoms with van der Waals surface area (Å²) in [5.74, 6) is 0.590. The number of alkyl halides is 2. The van der Waals surface area contributed by atoms with E-state index in [1.165, 1.54) is 0 Å². The number of nitrogens with one attached hydrogen (secondary N) is 1. The van der Waals surface area contributed by atoms with Crippen molar-refractivity contribution in [3.63, 3.8) is 0 Å². The first-order valence-electron chi connectivity index (χ1n) is 6.23. The monoisotopic (exact) mass is 257 g/mol. The lowest BCUT2D eigenvalue weighted by Gasteiger charge is -2.12. The quantitative estimate of drug-likeness (QED) is 0.772. The molecule has 1 rings (SSSR count). The van der Waals surface area contributed by atoms with E-state index in [1.807, 2.05) is 24.3 Å². The lowest BCUT2D eigenvalue weighted by Crippen LogP contribution is -2.20. The van der Waals surface area contributed by atoms with Gasteiger partial charge in [-0.25, -0.2) is 8.78 Å². The van der Waals surface area contributed by atoms with E-state index in [0.717, 1.165) is 24.2 Å². The highest BCUT2D eigenvalue weighted by Gasteiger charge is 2.05. The Morgan fingerprint density at radius 2 is 1.83 bits per heavy atom. The molecule has 0 spiro atoms. The van der Waals surface area contributed by atoms with Crippen molar-refractivity contribution in [3.8, 4) is 0 Å². The van der Waals surface area contributed by atoms with Crippen LogP contribution in [-0.2, 0) is 17.9 Å². The van der Waals surface area contributed by atoms with Crippen LogP contribution >= 0.6 is 0 Å². The second kappa shape index (κ2) is 8.16. The van der Waals surface area contributed by atoms with E-state index in [0.29, 0.717) is 5.92 Å². The Balaban J connectivity index is 2.45. The molecule has 1 N–H and O–H groups in total. The van der Waals surface area contributed by atoms with Gasteiger partial charge in [-0.3, -0.25) is 0 Å². The van der Waals surface area contributed by atoms with Gasteiger partial charge in [0, 0.05) is 6.54 Å². The van der Waals surface area contributed by atoms with Crippen LogP contribution in [0.15, 0.2) is 24.3 Å². The molecule has 1 aromatic carbocycles. The predicted octanol–water partition coefficient (Wildman–Crippen LogP) is 3.21. The minimum atomic E-state index is -2.41. The standard InChI is InChI=1S/C14H21F2NO/c1-11(2)7-17-8-12-5-3-4-6-13(12)9-18-10-14(15)16/h3-6,11,14,17H,7-10H2,1-2H3. The molecule has 102 valence electrons. The molecule has 18 heavy (non-hydrogen) atoms. The zero-order valence-electron chi connectivity index (χ0n) is 11.0. The normalized spacial score (nSPS) is 11.4. The van der Waals surface area contributed by atoms with Crippen molar-refractivity contribution >= 4 is 0 Å². The summed E-state index contributed by atoms with van der Waals surface area (Å²) in [7, 11) is 0. The zero-order chi connectivity index (χ0) is 13.4. The average molecular weight is 257 g/mol. The molecule has 0 aliphatic rings. The van der Waals surface area contributed by atoms with Crippen molar-refractivity contribution in [1.29, 1.82) is 0 Å². The van der Waals surface area contributed by atoms with Gasteiger partial charge in [0.05, 0.1) is 6.61 Å². The zero-order valence-corrected chi connectivity index (χ0v) is 11.0. The van der Waals surface area contributed by atoms with E-state index in [9.17, 15) is 8.78 Å². The van der Waals surface area contributed by atoms with Crippen molar-refractivity contribution in [2.45, 2.75) is 33.4 Å². The van der Waals surface area contributed by atoms with Gasteiger partial charge in [0.25, 0.3) is 6.43 Å². The topological polar surface area (TPSA) is 21.3 Å². The Kier molecular flexibility index (Phi) is 6.83. The fraction of sp³-hybridized carbons (Fsp3) is 0.571. The maximum atomic E-state index is 12.0. The lowest BCUT2D eigenvalue weighted by atomic mass is 10.1. The van der Waals surface area contributed by atoms with Crippen LogP contribution in [0.1, 0.15) is 25.0 Å². The smallest absolute Gasteiger partial charge is 0.261 e. The van der Waals surface area contributed by atoms with Gasteiger partial charge < -0.3 is 10.1 Å². The predicted molar refractivity (Wildman–Crippen MR) is 68.6 cm³/mol. The first-order valence-corrected chi connectivity index (χ1v) is 6.23. The van der Waals surface area contributed by atoms with E-state index in [4.69, 9.17) is 4.74 Å². The summed E-state index contributed by atoms with van der Waals surface area (Å²) in [6.07, 6.45) is -2.41. The summed E-state index contributed by atoms with van der Waals surface area (Å²) < 4.78 is 29.0. The summed E-state index contributed by atoms with van der Waals surface area (Å²) in [6, 6.07) is 7.75. The van der Waals surface area contributed by atoms with Crippen molar-refractivity contribution in [3.05, 3.63) is 35.4 Å². The molecule has 0 aliphatic carbocycles. The number of hydrogen-bond acceptors (Lipinski definition) is 2. The highest BCUT2D eigenvalue weighted by Crippen LogP contribution is 2.10. The molecule has 0 atom stereocenters. The first-order chi connectivity index (χ1) is 8.59. The Hall–Kier alpha value is -1.00. The molecule has 0 unspecified atom stereocenters. The van der Waals surface area contributed by atoms with Crippen molar-refractivity contribution in [2.24, 2.45) is 5.92 Å². The summed E-state index contributed by atoms with van der Waals surface area (Å²) in [6.45, 7) is 5.70. The number of ether oxygens (including phenoxy) is 1. The molecule has 0 saturated carbocycles. The maximum Gasteiger partial charge on any atom is 0.261 e. The molecule has 1 aromatic rings. The molecule has 0 fully saturated rings. The Labute approximate surface area is 107 Å². The molecule has 2 nitrogen and oxygen atoms in total. The van der Waals surface area contributed by atoms with Gasteiger partial charge in [-0.15, -0.1) is 0 Å². The fourth-order valence-corrected chi connectivity index (χ4v) is 1.62. The summed E-state index contributed by atoms with van der Waals surface area (Å²) >= 11 is 0. The van der Waals surface area contributed by atoms with Crippen molar-refractivity contribution < 1.29 is 13.5 Å². The number of benzene rings is 1. The molecule has 0 aliphatic heterocycles. The third-order valence-electron chi connectivity index (χ3n) is 2.49. The molecule has 0 bridgehead atoms. The SMILES string of the molecule is CC(C)CNCc1ccccc1COCC(F)F. The van der Waals surface area contributed by atoms with E-state index in [-0.39, 0.29) is 6.61 Å². The van der Waals surface area contributed by atoms with Crippen LogP contribution < -0.4 is 5.32 Å². The summed E-state index contributed by atoms with van der Waals surface area (Å²) in [4.78, 5) is 0. The molecule has 0 radical (unpaired) electrons. The molecule has 0 heterocycles. The number of halogens is 2. The van der Waals surface area contributed by atoms with Crippen LogP contribution in [0.3, 0.4) is 0 Å². The van der Waals surface area contributed by atoms with Gasteiger partial charge in [0.2, 0.25) is 0 Å². The second-order valence-electron chi connectivity index (χ2n) is 4.70. The lowest BCUT2D eigenvalue weighted by molar-refractivity contribution is 0.00964. The van der Waals surface area contributed by atoms with Crippen LogP contribution in [0.2, 0.25) is 0 Å². The van der Waals surface area contributed by atoms with E-state index in [2.05, 4.69) is 19.2 Å². The number of rotatable bonds is 8. The minimum Gasteiger partial charge on any atom is -0.371 e. The first kappa shape index (κ1) is 15.1. The Morgan fingerprint density at radius 3 is 2.44 bits per heavy atom. The van der Waals surface area contributed by atoms with Gasteiger partial charge in [-0.2, -0.15) is 0 Å². The molecular formula is C14H21F2NO. The third kappa shape index (κ3) is 6.07. The summed E-state index contributed by atoms with van der Waals surface area (Å²) in [5.41, 5.74) is 2.07.